The van der Waals surface area contributed by atoms with Crippen LogP contribution in [0.2, 0.25) is 0 Å². The summed E-state index contributed by atoms with van der Waals surface area (Å²) >= 11 is 0. The number of halogens is 1. The van der Waals surface area contributed by atoms with E-state index >= 15 is 0 Å². The van der Waals surface area contributed by atoms with Crippen LogP contribution in [0.4, 0.5) is 4.39 Å². The van der Waals surface area contributed by atoms with Gasteiger partial charge < -0.3 is 4.74 Å². The summed E-state index contributed by atoms with van der Waals surface area (Å²) in [5.74, 6) is -0.336. The van der Waals surface area contributed by atoms with Crippen molar-refractivity contribution in [3.05, 3.63) is 29.6 Å². The van der Waals surface area contributed by atoms with Crippen molar-refractivity contribution in [3.8, 4) is 5.75 Å². The number of rotatable bonds is 12. The van der Waals surface area contributed by atoms with Crippen LogP contribution in [0.5, 0.6) is 5.75 Å². The Kier molecular flexibility index (Phi) is 7.38. The SMILES string of the molecule is O=C1CCC(CCCCCS(=O)(=O)NC2(c3ccc(F)c(OCC4CCC4)c3)CC2)C(=O)N1. The van der Waals surface area contributed by atoms with E-state index in [-0.39, 0.29) is 29.2 Å². The molecule has 2 amide bonds. The number of carbonyl (C=O) groups excluding carboxylic acids is 2. The minimum atomic E-state index is -3.50. The van der Waals surface area contributed by atoms with E-state index in [2.05, 4.69) is 10.0 Å². The summed E-state index contributed by atoms with van der Waals surface area (Å²) in [5, 5.41) is 2.35. The Labute approximate surface area is 194 Å². The third-order valence-electron chi connectivity index (χ3n) is 7.10. The van der Waals surface area contributed by atoms with Crippen molar-refractivity contribution in [3.63, 3.8) is 0 Å². The van der Waals surface area contributed by atoms with Gasteiger partial charge in [0.25, 0.3) is 0 Å². The highest BCUT2D eigenvalue weighted by molar-refractivity contribution is 7.89. The minimum Gasteiger partial charge on any atom is -0.490 e. The molecule has 1 atom stereocenters. The predicted molar refractivity (Wildman–Crippen MR) is 121 cm³/mol. The zero-order valence-corrected chi connectivity index (χ0v) is 19.7. The van der Waals surface area contributed by atoms with E-state index in [1.807, 2.05) is 0 Å². The van der Waals surface area contributed by atoms with Gasteiger partial charge in [-0.15, -0.1) is 0 Å². The molecule has 0 bridgehead atoms. The molecule has 1 aromatic rings. The molecule has 1 heterocycles. The fourth-order valence-corrected chi connectivity index (χ4v) is 6.18. The number of imide groups is 1. The summed E-state index contributed by atoms with van der Waals surface area (Å²) in [7, 11) is -3.50. The van der Waals surface area contributed by atoms with Crippen LogP contribution in [0.3, 0.4) is 0 Å². The lowest BCUT2D eigenvalue weighted by atomic mass is 9.86. The lowest BCUT2D eigenvalue weighted by Crippen LogP contribution is -2.40. The second-order valence-electron chi connectivity index (χ2n) is 9.75. The van der Waals surface area contributed by atoms with Crippen LogP contribution in [0, 0.1) is 17.7 Å². The maximum atomic E-state index is 14.2. The van der Waals surface area contributed by atoms with Crippen LogP contribution < -0.4 is 14.8 Å². The lowest BCUT2D eigenvalue weighted by molar-refractivity contribution is -0.136. The number of hydrogen-bond donors (Lipinski definition) is 2. The predicted octanol–water partition coefficient (Wildman–Crippen LogP) is 3.53. The first kappa shape index (κ1) is 24.1. The van der Waals surface area contributed by atoms with Crippen LogP contribution >= 0.6 is 0 Å². The van der Waals surface area contributed by atoms with Crippen molar-refractivity contribution in [2.45, 2.75) is 76.2 Å². The van der Waals surface area contributed by atoms with Crippen LogP contribution in [-0.4, -0.2) is 32.6 Å². The smallest absolute Gasteiger partial charge is 0.229 e. The van der Waals surface area contributed by atoms with E-state index in [1.165, 1.54) is 12.5 Å². The Bertz CT molecular complexity index is 989. The van der Waals surface area contributed by atoms with Crippen LogP contribution in [0.15, 0.2) is 18.2 Å². The molecule has 0 radical (unpaired) electrons. The molecule has 33 heavy (non-hydrogen) atoms. The molecule has 2 saturated carbocycles. The van der Waals surface area contributed by atoms with Crippen molar-refractivity contribution in [2.24, 2.45) is 11.8 Å². The Morgan fingerprint density at radius 1 is 1.12 bits per heavy atom. The van der Waals surface area contributed by atoms with E-state index < -0.39 is 21.4 Å². The number of hydrogen-bond acceptors (Lipinski definition) is 5. The van der Waals surface area contributed by atoms with Crippen LogP contribution in [-0.2, 0) is 25.2 Å². The van der Waals surface area contributed by atoms with Gasteiger partial charge in [0.05, 0.1) is 17.9 Å². The largest absolute Gasteiger partial charge is 0.490 e. The van der Waals surface area contributed by atoms with Gasteiger partial charge >= 0.3 is 0 Å². The monoisotopic (exact) mass is 480 g/mol. The van der Waals surface area contributed by atoms with Gasteiger partial charge in [0.15, 0.2) is 11.6 Å². The molecule has 1 aromatic carbocycles. The quantitative estimate of drug-likeness (QED) is 0.352. The molecule has 3 fully saturated rings. The second kappa shape index (κ2) is 10.1. The first-order valence-corrected chi connectivity index (χ1v) is 13.7. The number of ether oxygens (including phenoxy) is 1. The molecule has 3 aliphatic rings. The van der Waals surface area contributed by atoms with E-state index in [0.717, 1.165) is 24.8 Å². The lowest BCUT2D eigenvalue weighted by Gasteiger charge is -2.25. The molecular weight excluding hydrogens is 447 g/mol. The number of benzene rings is 1. The Hall–Kier alpha value is -2.00. The Balaban J connectivity index is 1.24. The highest BCUT2D eigenvalue weighted by Gasteiger charge is 2.47. The van der Waals surface area contributed by atoms with Gasteiger partial charge in [-0.3, -0.25) is 14.9 Å². The van der Waals surface area contributed by atoms with Gasteiger partial charge in [-0.2, -0.15) is 0 Å². The van der Waals surface area contributed by atoms with Crippen LogP contribution in [0.25, 0.3) is 0 Å². The molecule has 1 aliphatic heterocycles. The average molecular weight is 481 g/mol. The minimum absolute atomic E-state index is 0.0102. The van der Waals surface area contributed by atoms with Crippen molar-refractivity contribution in [1.29, 1.82) is 0 Å². The number of sulfonamides is 1. The van der Waals surface area contributed by atoms with E-state index in [0.29, 0.717) is 57.5 Å². The van der Waals surface area contributed by atoms with Gasteiger partial charge in [-0.1, -0.05) is 25.3 Å². The van der Waals surface area contributed by atoms with Crippen molar-refractivity contribution in [2.75, 3.05) is 12.4 Å². The summed E-state index contributed by atoms with van der Waals surface area (Å²) in [6.07, 6.45) is 8.30. The molecule has 9 heteroatoms. The highest BCUT2D eigenvalue weighted by atomic mass is 32.2. The maximum Gasteiger partial charge on any atom is 0.229 e. The van der Waals surface area contributed by atoms with E-state index in [4.69, 9.17) is 4.74 Å². The molecular formula is C24H33FN2O5S. The fourth-order valence-electron chi connectivity index (χ4n) is 4.58. The highest BCUT2D eigenvalue weighted by Crippen LogP contribution is 2.47. The standard InChI is InChI=1S/C24H33FN2O5S/c25-20-10-9-19(15-21(20)32-16-17-5-4-6-17)24(12-13-24)27-33(30,31)14-3-1-2-7-18-8-11-22(28)26-23(18)29/h9-10,15,17-18,27H,1-8,11-14,16H2,(H,26,28,29). The van der Waals surface area contributed by atoms with Gasteiger partial charge in [0, 0.05) is 12.3 Å². The second-order valence-corrected chi connectivity index (χ2v) is 11.6. The van der Waals surface area contributed by atoms with E-state index in [9.17, 15) is 22.4 Å². The van der Waals surface area contributed by atoms with Crippen LogP contribution in [0.1, 0.15) is 76.2 Å². The third-order valence-corrected chi connectivity index (χ3v) is 8.63. The van der Waals surface area contributed by atoms with Crippen molar-refractivity contribution in [1.82, 2.24) is 10.0 Å². The number of unbranched alkanes of at least 4 members (excludes halogenated alkanes) is 2. The van der Waals surface area contributed by atoms with Gasteiger partial charge in [-0.05, 0) is 68.6 Å². The number of amides is 2. The molecule has 2 aliphatic carbocycles. The summed E-state index contributed by atoms with van der Waals surface area (Å²) < 4.78 is 48.1. The zero-order valence-electron chi connectivity index (χ0n) is 18.9. The molecule has 1 saturated heterocycles. The molecule has 1 unspecified atom stereocenters. The summed E-state index contributed by atoms with van der Waals surface area (Å²) in [6.45, 7) is 0.498. The first-order valence-electron chi connectivity index (χ1n) is 12.0. The molecule has 4 rings (SSSR count). The van der Waals surface area contributed by atoms with Crippen molar-refractivity contribution >= 4 is 21.8 Å². The number of nitrogens with one attached hydrogen (secondary N) is 2. The number of piperidine rings is 1. The zero-order chi connectivity index (χ0) is 23.5. The molecule has 2 N–H and O–H groups in total. The van der Waals surface area contributed by atoms with Gasteiger partial charge in [0.1, 0.15) is 0 Å². The molecule has 0 aromatic heterocycles. The third kappa shape index (κ3) is 6.32. The Morgan fingerprint density at radius 2 is 1.91 bits per heavy atom. The Morgan fingerprint density at radius 3 is 2.58 bits per heavy atom. The topological polar surface area (TPSA) is 102 Å². The maximum absolute atomic E-state index is 14.2. The fraction of sp³-hybridized carbons (Fsp3) is 0.667. The van der Waals surface area contributed by atoms with Gasteiger partial charge in [-0.25, -0.2) is 17.5 Å². The van der Waals surface area contributed by atoms with Crippen molar-refractivity contribution < 1.29 is 27.1 Å². The molecule has 0 spiro atoms. The molecule has 182 valence electrons. The number of carbonyl (C=O) groups is 2. The van der Waals surface area contributed by atoms with Gasteiger partial charge in [0.2, 0.25) is 21.8 Å². The average Bonchev–Trinajstić information content (AvgIpc) is 3.49. The summed E-state index contributed by atoms with van der Waals surface area (Å²) in [4.78, 5) is 23.0. The summed E-state index contributed by atoms with van der Waals surface area (Å²) in [6, 6.07) is 4.64. The van der Waals surface area contributed by atoms with E-state index in [1.54, 1.807) is 12.1 Å². The normalized spacial score (nSPS) is 22.5. The molecule has 7 nitrogen and oxygen atoms in total. The first-order chi connectivity index (χ1) is 15.8. The summed E-state index contributed by atoms with van der Waals surface area (Å²) in [5.41, 5.74) is 0.0716.